The minimum atomic E-state index is 0.00486. The predicted molar refractivity (Wildman–Crippen MR) is 60.6 cm³/mol. The van der Waals surface area contributed by atoms with Gasteiger partial charge >= 0.3 is 0 Å². The topological polar surface area (TPSA) is 18.5 Å². The molecule has 86 valence electrons. The number of hydrogen-bond donors (Lipinski definition) is 0. The second-order valence-electron chi connectivity index (χ2n) is 4.58. The third kappa shape index (κ3) is 6.39. The molecule has 0 saturated carbocycles. The zero-order valence-corrected chi connectivity index (χ0v) is 10.4. The summed E-state index contributed by atoms with van der Waals surface area (Å²) in [5.74, 6) is 0.721. The zero-order valence-electron chi connectivity index (χ0n) is 10.4. The Hall–Kier alpha value is -0.0800. The Morgan fingerprint density at radius 3 is 2.29 bits per heavy atom. The molecule has 0 aliphatic rings. The van der Waals surface area contributed by atoms with E-state index in [2.05, 4.69) is 27.7 Å². The Balaban J connectivity index is 3.74. The van der Waals surface area contributed by atoms with Crippen LogP contribution < -0.4 is 0 Å². The molecule has 0 radical (unpaired) electrons. The molecule has 1 unspecified atom stereocenters. The molecule has 0 aromatic carbocycles. The molecular formula is C12H26O2. The van der Waals surface area contributed by atoms with Crippen LogP contribution in [0.3, 0.4) is 0 Å². The van der Waals surface area contributed by atoms with Gasteiger partial charge in [0.15, 0.2) is 0 Å². The van der Waals surface area contributed by atoms with Crippen molar-refractivity contribution in [3.05, 3.63) is 0 Å². The van der Waals surface area contributed by atoms with Crippen molar-refractivity contribution >= 4 is 0 Å². The fourth-order valence-corrected chi connectivity index (χ4v) is 1.21. The molecule has 1 atom stereocenters. The fourth-order valence-electron chi connectivity index (χ4n) is 1.21. The lowest BCUT2D eigenvalue weighted by atomic mass is 9.99. The van der Waals surface area contributed by atoms with Crippen LogP contribution in [0.5, 0.6) is 0 Å². The second kappa shape index (κ2) is 7.24. The van der Waals surface area contributed by atoms with E-state index in [1.807, 2.05) is 0 Å². The lowest BCUT2D eigenvalue weighted by Crippen LogP contribution is -2.30. The van der Waals surface area contributed by atoms with Gasteiger partial charge in [-0.1, -0.05) is 20.8 Å². The summed E-state index contributed by atoms with van der Waals surface area (Å²) < 4.78 is 11.0. The van der Waals surface area contributed by atoms with Crippen molar-refractivity contribution in [3.63, 3.8) is 0 Å². The van der Waals surface area contributed by atoms with Gasteiger partial charge in [-0.05, 0) is 32.1 Å². The maximum absolute atomic E-state index is 5.91. The first-order valence-corrected chi connectivity index (χ1v) is 5.67. The van der Waals surface area contributed by atoms with E-state index in [9.17, 15) is 0 Å². The van der Waals surface area contributed by atoms with Crippen LogP contribution in [0.1, 0.15) is 47.0 Å². The molecule has 0 amide bonds. The van der Waals surface area contributed by atoms with E-state index in [1.54, 1.807) is 7.11 Å². The van der Waals surface area contributed by atoms with Gasteiger partial charge in [-0.25, -0.2) is 0 Å². The highest BCUT2D eigenvalue weighted by atomic mass is 16.5. The largest absolute Gasteiger partial charge is 0.385 e. The number of ether oxygens (including phenoxy) is 2. The summed E-state index contributed by atoms with van der Waals surface area (Å²) in [5, 5.41) is 0. The molecule has 0 rings (SSSR count). The molecule has 0 spiro atoms. The van der Waals surface area contributed by atoms with Gasteiger partial charge in [-0.15, -0.1) is 0 Å². The van der Waals surface area contributed by atoms with Crippen LogP contribution in [-0.4, -0.2) is 25.9 Å². The Labute approximate surface area is 89.0 Å². The Kier molecular flexibility index (Phi) is 7.20. The fraction of sp³-hybridized carbons (Fsp3) is 1.00. The highest BCUT2D eigenvalue weighted by Crippen LogP contribution is 2.20. The van der Waals surface area contributed by atoms with Gasteiger partial charge in [0, 0.05) is 20.3 Å². The molecule has 0 aromatic rings. The summed E-state index contributed by atoms with van der Waals surface area (Å²) in [7, 11) is 1.74. The Morgan fingerprint density at radius 1 is 1.21 bits per heavy atom. The standard InChI is InChI=1S/C12H26O2/c1-6-12(4,8-10-13-5)14-9-7-11(2)3/h11H,6-10H2,1-5H3. The first-order valence-electron chi connectivity index (χ1n) is 5.67. The van der Waals surface area contributed by atoms with Crippen molar-refractivity contribution in [1.82, 2.24) is 0 Å². The molecule has 0 fully saturated rings. The average molecular weight is 202 g/mol. The second-order valence-corrected chi connectivity index (χ2v) is 4.58. The SMILES string of the molecule is CCC(C)(CCOC)OCCC(C)C. The molecule has 2 nitrogen and oxygen atoms in total. The van der Waals surface area contributed by atoms with Gasteiger partial charge < -0.3 is 9.47 Å². The Morgan fingerprint density at radius 2 is 1.86 bits per heavy atom. The first kappa shape index (κ1) is 13.9. The highest BCUT2D eigenvalue weighted by molar-refractivity contribution is 4.72. The van der Waals surface area contributed by atoms with Gasteiger partial charge in [0.1, 0.15) is 0 Å². The smallest absolute Gasteiger partial charge is 0.0673 e. The van der Waals surface area contributed by atoms with Gasteiger partial charge in [0.2, 0.25) is 0 Å². The summed E-state index contributed by atoms with van der Waals surface area (Å²) in [4.78, 5) is 0. The predicted octanol–water partition coefficient (Wildman–Crippen LogP) is 3.25. The maximum atomic E-state index is 5.91. The van der Waals surface area contributed by atoms with Crippen LogP contribution in [0.4, 0.5) is 0 Å². The molecule has 0 aliphatic heterocycles. The summed E-state index contributed by atoms with van der Waals surface area (Å²) >= 11 is 0. The third-order valence-corrected chi connectivity index (χ3v) is 2.73. The quantitative estimate of drug-likeness (QED) is 0.601. The normalized spacial score (nSPS) is 15.9. The molecular weight excluding hydrogens is 176 g/mol. The number of hydrogen-bond acceptors (Lipinski definition) is 2. The van der Waals surface area contributed by atoms with E-state index in [4.69, 9.17) is 9.47 Å². The molecule has 14 heavy (non-hydrogen) atoms. The van der Waals surface area contributed by atoms with Crippen LogP contribution in [0.15, 0.2) is 0 Å². The van der Waals surface area contributed by atoms with Crippen LogP contribution in [0.2, 0.25) is 0 Å². The third-order valence-electron chi connectivity index (χ3n) is 2.73. The molecule has 0 aliphatic carbocycles. The zero-order chi connectivity index (χ0) is 11.0. The van der Waals surface area contributed by atoms with Crippen LogP contribution in [0.25, 0.3) is 0 Å². The summed E-state index contributed by atoms with van der Waals surface area (Å²) in [6.45, 7) is 10.4. The van der Waals surface area contributed by atoms with Crippen molar-refractivity contribution in [2.24, 2.45) is 5.92 Å². The van der Waals surface area contributed by atoms with Crippen molar-refractivity contribution in [2.45, 2.75) is 52.6 Å². The van der Waals surface area contributed by atoms with Crippen molar-refractivity contribution in [2.75, 3.05) is 20.3 Å². The van der Waals surface area contributed by atoms with E-state index in [-0.39, 0.29) is 5.60 Å². The number of methoxy groups -OCH3 is 1. The van der Waals surface area contributed by atoms with Gasteiger partial charge in [0.05, 0.1) is 5.60 Å². The lowest BCUT2D eigenvalue weighted by molar-refractivity contribution is -0.0557. The monoisotopic (exact) mass is 202 g/mol. The number of rotatable bonds is 8. The van der Waals surface area contributed by atoms with Gasteiger partial charge in [0.25, 0.3) is 0 Å². The van der Waals surface area contributed by atoms with E-state index >= 15 is 0 Å². The molecule has 0 heterocycles. The van der Waals surface area contributed by atoms with Crippen LogP contribution in [0, 0.1) is 5.92 Å². The van der Waals surface area contributed by atoms with Gasteiger partial charge in [-0.3, -0.25) is 0 Å². The Bertz CT molecular complexity index is 134. The molecule has 2 heteroatoms. The first-order chi connectivity index (χ1) is 6.54. The molecule has 0 aromatic heterocycles. The van der Waals surface area contributed by atoms with Crippen molar-refractivity contribution in [3.8, 4) is 0 Å². The van der Waals surface area contributed by atoms with E-state index in [0.717, 1.165) is 38.4 Å². The minimum Gasteiger partial charge on any atom is -0.385 e. The van der Waals surface area contributed by atoms with Crippen LogP contribution in [-0.2, 0) is 9.47 Å². The summed E-state index contributed by atoms with van der Waals surface area (Å²) in [6.07, 6.45) is 3.18. The van der Waals surface area contributed by atoms with E-state index in [0.29, 0.717) is 0 Å². The van der Waals surface area contributed by atoms with Gasteiger partial charge in [-0.2, -0.15) is 0 Å². The lowest BCUT2D eigenvalue weighted by Gasteiger charge is -2.28. The van der Waals surface area contributed by atoms with E-state index < -0.39 is 0 Å². The molecule has 0 saturated heterocycles. The highest BCUT2D eigenvalue weighted by Gasteiger charge is 2.22. The average Bonchev–Trinajstić information content (AvgIpc) is 2.14. The molecule has 0 bridgehead atoms. The summed E-state index contributed by atoms with van der Waals surface area (Å²) in [6, 6.07) is 0. The maximum Gasteiger partial charge on any atom is 0.0673 e. The van der Waals surface area contributed by atoms with E-state index in [1.165, 1.54) is 0 Å². The summed E-state index contributed by atoms with van der Waals surface area (Å²) in [5.41, 5.74) is 0.00486. The van der Waals surface area contributed by atoms with Crippen molar-refractivity contribution in [1.29, 1.82) is 0 Å². The molecule has 0 N–H and O–H groups in total. The van der Waals surface area contributed by atoms with Crippen LogP contribution >= 0.6 is 0 Å². The van der Waals surface area contributed by atoms with Crippen molar-refractivity contribution < 1.29 is 9.47 Å². The minimum absolute atomic E-state index is 0.00486.